The second kappa shape index (κ2) is 6.07. The third kappa shape index (κ3) is 3.75. The molecule has 17 heavy (non-hydrogen) atoms. The lowest BCUT2D eigenvalue weighted by Crippen LogP contribution is -2.50. The van der Waals surface area contributed by atoms with Gasteiger partial charge in [-0.1, -0.05) is 13.3 Å². The maximum atomic E-state index is 13.0. The summed E-state index contributed by atoms with van der Waals surface area (Å²) in [5.74, 6) is -0.247. The van der Waals surface area contributed by atoms with Crippen LogP contribution in [0.4, 0.5) is 4.39 Å². The minimum atomic E-state index is -0.247. The first-order valence-corrected chi connectivity index (χ1v) is 6.33. The average Bonchev–Trinajstić information content (AvgIpc) is 2.30. The van der Waals surface area contributed by atoms with Crippen molar-refractivity contribution in [2.75, 3.05) is 19.6 Å². The largest absolute Gasteiger partial charge is 0.311 e. The van der Waals surface area contributed by atoms with Gasteiger partial charge in [-0.2, -0.15) is 0 Å². The Morgan fingerprint density at radius 3 is 3.18 bits per heavy atom. The Labute approximate surface area is 102 Å². The molecule has 2 rings (SSSR count). The van der Waals surface area contributed by atoms with E-state index in [1.165, 1.54) is 19.0 Å². The molecule has 0 bridgehead atoms. The van der Waals surface area contributed by atoms with Gasteiger partial charge >= 0.3 is 0 Å². The Hall–Kier alpha value is -1.00. The van der Waals surface area contributed by atoms with Crippen LogP contribution in [-0.4, -0.2) is 35.6 Å². The number of hydrogen-bond donors (Lipinski definition) is 1. The van der Waals surface area contributed by atoms with Gasteiger partial charge in [-0.25, -0.2) is 4.39 Å². The third-order valence-electron chi connectivity index (χ3n) is 3.14. The van der Waals surface area contributed by atoms with E-state index in [2.05, 4.69) is 22.1 Å². The predicted octanol–water partition coefficient (Wildman–Crippen LogP) is 1.79. The van der Waals surface area contributed by atoms with E-state index in [-0.39, 0.29) is 5.82 Å². The van der Waals surface area contributed by atoms with Crippen molar-refractivity contribution in [3.63, 3.8) is 0 Å². The van der Waals surface area contributed by atoms with E-state index >= 15 is 0 Å². The normalized spacial score (nSPS) is 21.6. The zero-order chi connectivity index (χ0) is 12.1. The smallest absolute Gasteiger partial charge is 0.141 e. The van der Waals surface area contributed by atoms with Crippen molar-refractivity contribution in [3.8, 4) is 0 Å². The Morgan fingerprint density at radius 1 is 1.53 bits per heavy atom. The van der Waals surface area contributed by atoms with Gasteiger partial charge in [0.05, 0.1) is 6.20 Å². The Morgan fingerprint density at radius 2 is 2.41 bits per heavy atom. The lowest BCUT2D eigenvalue weighted by Gasteiger charge is -2.33. The molecule has 1 unspecified atom stereocenters. The molecule has 0 radical (unpaired) electrons. The summed E-state index contributed by atoms with van der Waals surface area (Å²) < 4.78 is 13.0. The number of hydrogen-bond acceptors (Lipinski definition) is 3. The van der Waals surface area contributed by atoms with Gasteiger partial charge in [-0.15, -0.1) is 0 Å². The highest BCUT2D eigenvalue weighted by Gasteiger charge is 2.18. The second-order valence-corrected chi connectivity index (χ2v) is 4.69. The van der Waals surface area contributed by atoms with E-state index in [1.54, 1.807) is 12.3 Å². The van der Waals surface area contributed by atoms with E-state index < -0.39 is 0 Å². The van der Waals surface area contributed by atoms with Crippen LogP contribution in [0, 0.1) is 5.82 Å². The predicted molar refractivity (Wildman–Crippen MR) is 66.2 cm³/mol. The first kappa shape index (κ1) is 12.5. The van der Waals surface area contributed by atoms with Crippen molar-refractivity contribution in [1.29, 1.82) is 0 Å². The highest BCUT2D eigenvalue weighted by atomic mass is 19.1. The van der Waals surface area contributed by atoms with Crippen LogP contribution in [-0.2, 0) is 6.54 Å². The molecule has 0 aromatic carbocycles. The molecule has 2 heterocycles. The number of pyridine rings is 1. The molecule has 1 aromatic heterocycles. The summed E-state index contributed by atoms with van der Waals surface area (Å²) in [6.07, 6.45) is 5.41. The zero-order valence-electron chi connectivity index (χ0n) is 10.3. The first-order valence-electron chi connectivity index (χ1n) is 6.33. The van der Waals surface area contributed by atoms with Gasteiger partial charge in [-0.05, 0) is 18.1 Å². The fraction of sp³-hybridized carbons (Fsp3) is 0.615. The van der Waals surface area contributed by atoms with Crippen LogP contribution in [0.1, 0.15) is 25.3 Å². The summed E-state index contributed by atoms with van der Waals surface area (Å²) in [5, 5.41) is 3.52. The number of nitrogens with zero attached hydrogens (tertiary/aromatic N) is 2. The molecule has 0 saturated carbocycles. The van der Waals surface area contributed by atoms with Gasteiger partial charge in [0.2, 0.25) is 0 Å². The number of halogens is 1. The number of rotatable bonds is 4. The van der Waals surface area contributed by atoms with Crippen LogP contribution in [0.2, 0.25) is 0 Å². The molecule has 0 spiro atoms. The van der Waals surface area contributed by atoms with E-state index in [4.69, 9.17) is 0 Å². The summed E-state index contributed by atoms with van der Waals surface area (Å²) in [6, 6.07) is 2.15. The van der Waals surface area contributed by atoms with Crippen molar-refractivity contribution < 1.29 is 4.39 Å². The minimum Gasteiger partial charge on any atom is -0.311 e. The molecule has 1 aliphatic heterocycles. The lowest BCUT2D eigenvalue weighted by molar-refractivity contribution is 0.186. The van der Waals surface area contributed by atoms with Crippen LogP contribution >= 0.6 is 0 Å². The summed E-state index contributed by atoms with van der Waals surface area (Å²) in [7, 11) is 0. The molecular weight excluding hydrogens is 217 g/mol. The highest BCUT2D eigenvalue weighted by Crippen LogP contribution is 2.10. The quantitative estimate of drug-likeness (QED) is 0.865. The van der Waals surface area contributed by atoms with Gasteiger partial charge in [0.15, 0.2) is 0 Å². The van der Waals surface area contributed by atoms with E-state index in [0.717, 1.165) is 31.7 Å². The number of piperazine rings is 1. The summed E-state index contributed by atoms with van der Waals surface area (Å²) in [4.78, 5) is 6.26. The lowest BCUT2D eigenvalue weighted by atomic mass is 10.1. The molecule has 0 amide bonds. The molecule has 3 nitrogen and oxygen atoms in total. The minimum absolute atomic E-state index is 0.247. The molecule has 1 aliphatic rings. The molecule has 1 N–H and O–H groups in total. The van der Waals surface area contributed by atoms with Crippen molar-refractivity contribution in [2.45, 2.75) is 32.4 Å². The van der Waals surface area contributed by atoms with E-state index in [9.17, 15) is 4.39 Å². The van der Waals surface area contributed by atoms with Crippen LogP contribution in [0.5, 0.6) is 0 Å². The van der Waals surface area contributed by atoms with E-state index in [0.29, 0.717) is 6.04 Å². The van der Waals surface area contributed by atoms with Crippen LogP contribution in [0.25, 0.3) is 0 Å². The summed E-state index contributed by atoms with van der Waals surface area (Å²) in [5.41, 5.74) is 0.960. The fourth-order valence-electron chi connectivity index (χ4n) is 2.38. The number of nitrogens with one attached hydrogen (secondary N) is 1. The molecule has 94 valence electrons. The van der Waals surface area contributed by atoms with Gasteiger partial charge in [-0.3, -0.25) is 9.88 Å². The van der Waals surface area contributed by atoms with Crippen molar-refractivity contribution in [2.24, 2.45) is 0 Å². The summed E-state index contributed by atoms with van der Waals surface area (Å²) in [6.45, 7) is 6.10. The van der Waals surface area contributed by atoms with Crippen molar-refractivity contribution in [3.05, 3.63) is 29.8 Å². The number of aromatic nitrogens is 1. The molecule has 4 heteroatoms. The van der Waals surface area contributed by atoms with Crippen LogP contribution in [0.3, 0.4) is 0 Å². The summed E-state index contributed by atoms with van der Waals surface area (Å²) >= 11 is 0. The monoisotopic (exact) mass is 237 g/mol. The topological polar surface area (TPSA) is 28.2 Å². The fourth-order valence-corrected chi connectivity index (χ4v) is 2.38. The molecular formula is C13H20FN3. The standard InChI is InChI=1S/C13H20FN3/c1-2-3-13-10-17(5-4-16-13)9-11-6-12(14)8-15-7-11/h6-8,13,16H,2-5,9-10H2,1H3. The van der Waals surface area contributed by atoms with E-state index in [1.807, 2.05) is 0 Å². The first-order chi connectivity index (χ1) is 8.28. The second-order valence-electron chi connectivity index (χ2n) is 4.69. The molecule has 1 aromatic rings. The zero-order valence-corrected chi connectivity index (χ0v) is 10.3. The SMILES string of the molecule is CCCC1CN(Cc2cncc(F)c2)CCN1. The Kier molecular flexibility index (Phi) is 4.45. The van der Waals surface area contributed by atoms with Gasteiger partial charge < -0.3 is 5.32 Å². The molecule has 1 fully saturated rings. The average molecular weight is 237 g/mol. The maximum Gasteiger partial charge on any atom is 0.141 e. The van der Waals surface area contributed by atoms with Crippen molar-refractivity contribution in [1.82, 2.24) is 15.2 Å². The maximum absolute atomic E-state index is 13.0. The Bertz CT molecular complexity index is 354. The van der Waals surface area contributed by atoms with Crippen molar-refractivity contribution >= 4 is 0 Å². The van der Waals surface area contributed by atoms with Gasteiger partial charge in [0, 0.05) is 38.4 Å². The molecule has 1 atom stereocenters. The molecule has 1 saturated heterocycles. The van der Waals surface area contributed by atoms with Crippen LogP contribution < -0.4 is 5.32 Å². The Balaban J connectivity index is 1.90. The van der Waals surface area contributed by atoms with Gasteiger partial charge in [0.25, 0.3) is 0 Å². The third-order valence-corrected chi connectivity index (χ3v) is 3.14. The molecule has 0 aliphatic carbocycles. The van der Waals surface area contributed by atoms with Crippen LogP contribution in [0.15, 0.2) is 18.5 Å². The van der Waals surface area contributed by atoms with Gasteiger partial charge in [0.1, 0.15) is 5.82 Å². The highest BCUT2D eigenvalue weighted by molar-refractivity contribution is 5.10.